The van der Waals surface area contributed by atoms with Gasteiger partial charge in [-0.15, -0.1) is 0 Å². The molecule has 6 nitrogen and oxygen atoms in total. The van der Waals surface area contributed by atoms with Gasteiger partial charge in [-0.2, -0.15) is 5.10 Å². The van der Waals surface area contributed by atoms with Crippen LogP contribution in [0.3, 0.4) is 0 Å². The molecule has 0 radical (unpaired) electrons. The molecule has 0 aliphatic heterocycles. The fraction of sp³-hybridized carbons (Fsp3) is 0.222. The predicted octanol–water partition coefficient (Wildman–Crippen LogP) is 3.42. The van der Waals surface area contributed by atoms with Crippen molar-refractivity contribution >= 4 is 28.7 Å². The van der Waals surface area contributed by atoms with Crippen molar-refractivity contribution in [2.45, 2.75) is 6.92 Å². The average molecular weight is 359 g/mol. The van der Waals surface area contributed by atoms with E-state index in [2.05, 4.69) is 15.8 Å². The SMILES string of the molecule is COc1ccc(NC(=S)N/N=C(/C)c2ccccc2OC)cc1OC. The molecule has 0 aliphatic rings. The number of hydrogen-bond donors (Lipinski definition) is 2. The molecule has 2 aromatic rings. The largest absolute Gasteiger partial charge is 0.496 e. The number of methoxy groups -OCH3 is 3. The van der Waals surface area contributed by atoms with E-state index >= 15 is 0 Å². The smallest absolute Gasteiger partial charge is 0.191 e. The summed E-state index contributed by atoms with van der Waals surface area (Å²) in [5.74, 6) is 2.02. The summed E-state index contributed by atoms with van der Waals surface area (Å²) >= 11 is 5.27. The number of thiocarbonyl (C=S) groups is 1. The molecular formula is C18H21N3O3S. The highest BCUT2D eigenvalue weighted by Gasteiger charge is 2.07. The average Bonchev–Trinajstić information content (AvgIpc) is 2.65. The minimum atomic E-state index is 0.362. The van der Waals surface area contributed by atoms with E-state index in [4.69, 9.17) is 26.4 Å². The molecular weight excluding hydrogens is 338 g/mol. The third-order valence-corrected chi connectivity index (χ3v) is 3.66. The highest BCUT2D eigenvalue weighted by atomic mass is 32.1. The first kappa shape index (κ1) is 18.5. The standard InChI is InChI=1S/C18H21N3O3S/c1-12(14-7-5-6-8-15(14)22-2)20-21-18(25)19-13-9-10-16(23-3)17(11-13)24-4/h5-11H,1-4H3,(H2,19,21,25)/b20-12-. The molecule has 0 amide bonds. The van der Waals surface area contributed by atoms with Gasteiger partial charge < -0.3 is 19.5 Å². The van der Waals surface area contributed by atoms with Gasteiger partial charge in [0.1, 0.15) is 5.75 Å². The second-order valence-corrected chi connectivity index (χ2v) is 5.44. The number of anilines is 1. The fourth-order valence-electron chi connectivity index (χ4n) is 2.21. The van der Waals surface area contributed by atoms with Crippen molar-refractivity contribution in [3.63, 3.8) is 0 Å². The van der Waals surface area contributed by atoms with E-state index in [-0.39, 0.29) is 0 Å². The van der Waals surface area contributed by atoms with Crippen LogP contribution in [0.2, 0.25) is 0 Å². The van der Waals surface area contributed by atoms with Gasteiger partial charge in [0.25, 0.3) is 0 Å². The number of para-hydroxylation sites is 1. The highest BCUT2D eigenvalue weighted by Crippen LogP contribution is 2.29. The second-order valence-electron chi connectivity index (χ2n) is 5.03. The van der Waals surface area contributed by atoms with Gasteiger partial charge in [-0.25, -0.2) is 0 Å². The number of ether oxygens (including phenoxy) is 3. The Balaban J connectivity index is 2.05. The lowest BCUT2D eigenvalue weighted by Crippen LogP contribution is -2.25. The Morgan fingerprint density at radius 2 is 1.60 bits per heavy atom. The summed E-state index contributed by atoms with van der Waals surface area (Å²) in [5, 5.41) is 7.71. The first-order chi connectivity index (χ1) is 12.1. The molecule has 0 unspecified atom stereocenters. The number of nitrogens with zero attached hydrogens (tertiary/aromatic N) is 1. The van der Waals surface area contributed by atoms with Gasteiger partial charge >= 0.3 is 0 Å². The van der Waals surface area contributed by atoms with E-state index in [0.717, 1.165) is 22.7 Å². The second kappa shape index (κ2) is 8.89. The van der Waals surface area contributed by atoms with Crippen molar-refractivity contribution in [2.75, 3.05) is 26.6 Å². The maximum Gasteiger partial charge on any atom is 0.191 e. The van der Waals surface area contributed by atoms with Crippen LogP contribution >= 0.6 is 12.2 Å². The molecule has 0 aromatic heterocycles. The Bertz CT molecular complexity index is 778. The van der Waals surface area contributed by atoms with Gasteiger partial charge in [0, 0.05) is 17.3 Å². The van der Waals surface area contributed by atoms with Crippen molar-refractivity contribution < 1.29 is 14.2 Å². The lowest BCUT2D eigenvalue weighted by atomic mass is 10.1. The summed E-state index contributed by atoms with van der Waals surface area (Å²) < 4.78 is 15.8. The first-order valence-electron chi connectivity index (χ1n) is 7.55. The zero-order chi connectivity index (χ0) is 18.2. The van der Waals surface area contributed by atoms with Crippen molar-refractivity contribution in [2.24, 2.45) is 5.10 Å². The molecule has 0 bridgehead atoms. The van der Waals surface area contributed by atoms with Crippen LogP contribution in [0.5, 0.6) is 17.2 Å². The van der Waals surface area contributed by atoms with Crippen LogP contribution < -0.4 is 25.0 Å². The minimum absolute atomic E-state index is 0.362. The Morgan fingerprint density at radius 3 is 2.28 bits per heavy atom. The molecule has 2 N–H and O–H groups in total. The summed E-state index contributed by atoms with van der Waals surface area (Å²) in [6, 6.07) is 13.1. The number of nitrogens with one attached hydrogen (secondary N) is 2. The molecule has 0 heterocycles. The Kier molecular flexibility index (Phi) is 6.59. The van der Waals surface area contributed by atoms with E-state index in [0.29, 0.717) is 16.6 Å². The molecule has 2 rings (SSSR count). The highest BCUT2D eigenvalue weighted by molar-refractivity contribution is 7.80. The first-order valence-corrected chi connectivity index (χ1v) is 7.96. The third-order valence-electron chi connectivity index (χ3n) is 3.46. The minimum Gasteiger partial charge on any atom is -0.496 e. The van der Waals surface area contributed by atoms with Crippen LogP contribution in [0.15, 0.2) is 47.6 Å². The van der Waals surface area contributed by atoms with E-state index in [1.54, 1.807) is 33.5 Å². The summed E-state index contributed by atoms with van der Waals surface area (Å²) in [6.07, 6.45) is 0. The van der Waals surface area contributed by atoms with Crippen LogP contribution in [-0.2, 0) is 0 Å². The van der Waals surface area contributed by atoms with Crippen LogP contribution in [0.1, 0.15) is 12.5 Å². The molecule has 25 heavy (non-hydrogen) atoms. The molecule has 0 saturated heterocycles. The lowest BCUT2D eigenvalue weighted by molar-refractivity contribution is 0.355. The van der Waals surface area contributed by atoms with Gasteiger partial charge in [0.15, 0.2) is 16.6 Å². The van der Waals surface area contributed by atoms with Crippen LogP contribution in [-0.4, -0.2) is 32.2 Å². The number of rotatable bonds is 6. The van der Waals surface area contributed by atoms with Gasteiger partial charge in [0.05, 0.1) is 27.0 Å². The lowest BCUT2D eigenvalue weighted by Gasteiger charge is -2.12. The maximum atomic E-state index is 5.33. The zero-order valence-corrected chi connectivity index (χ0v) is 15.4. The van der Waals surface area contributed by atoms with Crippen molar-refractivity contribution in [1.29, 1.82) is 0 Å². The summed E-state index contributed by atoms with van der Waals surface area (Å²) in [5.41, 5.74) is 5.24. The quantitative estimate of drug-likeness (QED) is 0.468. The molecule has 0 atom stereocenters. The summed E-state index contributed by atoms with van der Waals surface area (Å²) in [7, 11) is 4.80. The van der Waals surface area contributed by atoms with Crippen LogP contribution in [0, 0.1) is 0 Å². The summed E-state index contributed by atoms with van der Waals surface area (Å²) in [4.78, 5) is 0. The van der Waals surface area contributed by atoms with Gasteiger partial charge in [-0.3, -0.25) is 5.43 Å². The third kappa shape index (κ3) is 4.84. The van der Waals surface area contributed by atoms with Gasteiger partial charge in [-0.1, -0.05) is 12.1 Å². The van der Waals surface area contributed by atoms with Crippen LogP contribution in [0.25, 0.3) is 0 Å². The Labute approximate surface area is 152 Å². The van der Waals surface area contributed by atoms with E-state index in [1.165, 1.54) is 0 Å². The monoisotopic (exact) mass is 359 g/mol. The van der Waals surface area contributed by atoms with Crippen molar-refractivity contribution in [3.05, 3.63) is 48.0 Å². The molecule has 2 aromatic carbocycles. The van der Waals surface area contributed by atoms with E-state index in [1.807, 2.05) is 37.3 Å². The maximum absolute atomic E-state index is 5.33. The topological polar surface area (TPSA) is 64.1 Å². The van der Waals surface area contributed by atoms with Gasteiger partial charge in [-0.05, 0) is 43.4 Å². The molecule has 7 heteroatoms. The zero-order valence-electron chi connectivity index (χ0n) is 14.6. The number of hydrazone groups is 1. The van der Waals surface area contributed by atoms with E-state index in [9.17, 15) is 0 Å². The molecule has 0 saturated carbocycles. The number of hydrogen-bond acceptors (Lipinski definition) is 5. The van der Waals surface area contributed by atoms with Crippen LogP contribution in [0.4, 0.5) is 5.69 Å². The normalized spacial score (nSPS) is 10.8. The van der Waals surface area contributed by atoms with Gasteiger partial charge in [0.2, 0.25) is 0 Å². The van der Waals surface area contributed by atoms with E-state index < -0.39 is 0 Å². The molecule has 0 fully saturated rings. The van der Waals surface area contributed by atoms with Crippen molar-refractivity contribution in [3.8, 4) is 17.2 Å². The molecule has 0 aliphatic carbocycles. The molecule has 132 valence electrons. The summed E-state index contributed by atoms with van der Waals surface area (Å²) in [6.45, 7) is 1.88. The fourth-order valence-corrected chi connectivity index (χ4v) is 2.37. The molecule has 0 spiro atoms. The number of benzene rings is 2. The Hall–Kier alpha value is -2.80. The van der Waals surface area contributed by atoms with Crippen molar-refractivity contribution in [1.82, 2.24) is 5.43 Å². The Morgan fingerprint density at radius 1 is 0.920 bits per heavy atom. The predicted molar refractivity (Wildman–Crippen MR) is 104 cm³/mol.